The summed E-state index contributed by atoms with van der Waals surface area (Å²) >= 11 is 3.42. The summed E-state index contributed by atoms with van der Waals surface area (Å²) in [5.41, 5.74) is 3.48. The molecule has 0 atom stereocenters. The van der Waals surface area contributed by atoms with Gasteiger partial charge < -0.3 is 4.74 Å². The van der Waals surface area contributed by atoms with Crippen LogP contribution < -0.4 is 0 Å². The van der Waals surface area contributed by atoms with Crippen LogP contribution in [0.1, 0.15) is 27.0 Å². The van der Waals surface area contributed by atoms with Crippen molar-refractivity contribution in [3.63, 3.8) is 0 Å². The van der Waals surface area contributed by atoms with Gasteiger partial charge in [0.25, 0.3) is 0 Å². The smallest absolute Gasteiger partial charge is 0.339 e. The molecule has 0 aliphatic rings. The van der Waals surface area contributed by atoms with Gasteiger partial charge in [-0.15, -0.1) is 0 Å². The van der Waals surface area contributed by atoms with Gasteiger partial charge in [-0.25, -0.2) is 4.79 Å². The van der Waals surface area contributed by atoms with E-state index in [1.807, 2.05) is 56.3 Å². The lowest BCUT2D eigenvalue weighted by molar-refractivity contribution is 0.0471. The van der Waals surface area contributed by atoms with Gasteiger partial charge in [0.05, 0.1) is 5.56 Å². The molecule has 3 heteroatoms. The molecule has 0 fully saturated rings. The van der Waals surface area contributed by atoms with Gasteiger partial charge in [0.1, 0.15) is 6.61 Å². The Morgan fingerprint density at radius 2 is 1.68 bits per heavy atom. The number of aryl methyl sites for hydroxylation is 2. The largest absolute Gasteiger partial charge is 0.457 e. The Balaban J connectivity index is 2.13. The van der Waals surface area contributed by atoms with E-state index in [4.69, 9.17) is 4.74 Å². The highest BCUT2D eigenvalue weighted by atomic mass is 79.9. The van der Waals surface area contributed by atoms with E-state index in [0.717, 1.165) is 21.2 Å². The normalized spacial score (nSPS) is 10.3. The fourth-order valence-corrected chi connectivity index (χ4v) is 2.71. The monoisotopic (exact) mass is 318 g/mol. The van der Waals surface area contributed by atoms with Crippen molar-refractivity contribution in [1.29, 1.82) is 0 Å². The number of halogens is 1. The lowest BCUT2D eigenvalue weighted by atomic mass is 10.0. The first-order valence-electron chi connectivity index (χ1n) is 6.05. The molecular formula is C16H15BrO2. The van der Waals surface area contributed by atoms with Gasteiger partial charge in [-0.2, -0.15) is 0 Å². The number of hydrogen-bond acceptors (Lipinski definition) is 2. The van der Waals surface area contributed by atoms with Gasteiger partial charge in [0.2, 0.25) is 0 Å². The highest BCUT2D eigenvalue weighted by Gasteiger charge is 2.14. The molecule has 0 amide bonds. The first kappa shape index (κ1) is 13.8. The fourth-order valence-electron chi connectivity index (χ4n) is 2.03. The van der Waals surface area contributed by atoms with Gasteiger partial charge in [-0.3, -0.25) is 0 Å². The Hall–Kier alpha value is -1.61. The number of carbonyl (C=O) groups excluding carboxylic acids is 1. The second kappa shape index (κ2) is 6.02. The van der Waals surface area contributed by atoms with Crippen LogP contribution in [0, 0.1) is 13.8 Å². The van der Waals surface area contributed by atoms with Crippen LogP contribution in [0.2, 0.25) is 0 Å². The number of carbonyl (C=O) groups is 1. The van der Waals surface area contributed by atoms with Gasteiger partial charge in [0.15, 0.2) is 0 Å². The Kier molecular flexibility index (Phi) is 4.38. The standard InChI is InChI=1S/C16H15BrO2/c1-11-8-14(17)9-12(2)15(11)16(18)19-10-13-6-4-3-5-7-13/h3-9H,10H2,1-2H3. The van der Waals surface area contributed by atoms with Crippen molar-refractivity contribution in [1.82, 2.24) is 0 Å². The Morgan fingerprint density at radius 1 is 1.11 bits per heavy atom. The van der Waals surface area contributed by atoms with Crippen molar-refractivity contribution in [3.05, 3.63) is 69.2 Å². The molecule has 0 unspecified atom stereocenters. The molecule has 0 bridgehead atoms. The highest BCUT2D eigenvalue weighted by molar-refractivity contribution is 9.10. The summed E-state index contributed by atoms with van der Waals surface area (Å²) in [6.45, 7) is 4.13. The van der Waals surface area contributed by atoms with Crippen LogP contribution in [0.4, 0.5) is 0 Å². The first-order valence-corrected chi connectivity index (χ1v) is 6.85. The summed E-state index contributed by atoms with van der Waals surface area (Å²) in [5.74, 6) is -0.272. The van der Waals surface area contributed by atoms with Crippen LogP contribution in [0.15, 0.2) is 46.9 Å². The number of benzene rings is 2. The van der Waals surface area contributed by atoms with Crippen LogP contribution in [-0.4, -0.2) is 5.97 Å². The number of hydrogen-bond donors (Lipinski definition) is 0. The maximum absolute atomic E-state index is 12.1. The fraction of sp³-hybridized carbons (Fsp3) is 0.188. The van der Waals surface area contributed by atoms with E-state index in [-0.39, 0.29) is 5.97 Å². The molecule has 0 spiro atoms. The molecule has 0 saturated heterocycles. The van der Waals surface area contributed by atoms with Crippen molar-refractivity contribution in [2.75, 3.05) is 0 Å². The van der Waals surface area contributed by atoms with Crippen LogP contribution in [-0.2, 0) is 11.3 Å². The zero-order valence-corrected chi connectivity index (χ0v) is 12.5. The Labute approximate surface area is 121 Å². The molecule has 0 aliphatic heterocycles. The van der Waals surface area contributed by atoms with Crippen molar-refractivity contribution >= 4 is 21.9 Å². The van der Waals surface area contributed by atoms with Crippen molar-refractivity contribution in [3.8, 4) is 0 Å². The molecule has 2 rings (SSSR count). The van der Waals surface area contributed by atoms with Crippen LogP contribution in [0.3, 0.4) is 0 Å². The van der Waals surface area contributed by atoms with Crippen molar-refractivity contribution < 1.29 is 9.53 Å². The van der Waals surface area contributed by atoms with Gasteiger partial charge >= 0.3 is 5.97 Å². The van der Waals surface area contributed by atoms with E-state index in [2.05, 4.69) is 15.9 Å². The van der Waals surface area contributed by atoms with E-state index in [0.29, 0.717) is 12.2 Å². The predicted molar refractivity (Wildman–Crippen MR) is 79.2 cm³/mol. The predicted octanol–water partition coefficient (Wildman–Crippen LogP) is 4.42. The zero-order valence-electron chi connectivity index (χ0n) is 10.9. The molecule has 98 valence electrons. The lowest BCUT2D eigenvalue weighted by Gasteiger charge is -2.10. The lowest BCUT2D eigenvalue weighted by Crippen LogP contribution is -2.09. The number of esters is 1. The van der Waals surface area contributed by atoms with Crippen molar-refractivity contribution in [2.24, 2.45) is 0 Å². The molecule has 0 heterocycles. The topological polar surface area (TPSA) is 26.3 Å². The van der Waals surface area contributed by atoms with E-state index < -0.39 is 0 Å². The summed E-state index contributed by atoms with van der Waals surface area (Å²) in [7, 11) is 0. The minimum atomic E-state index is -0.272. The molecule has 19 heavy (non-hydrogen) atoms. The van der Waals surface area contributed by atoms with Gasteiger partial charge in [0, 0.05) is 4.47 Å². The average molecular weight is 319 g/mol. The first-order chi connectivity index (χ1) is 9.08. The van der Waals surface area contributed by atoms with E-state index in [9.17, 15) is 4.79 Å². The second-order valence-electron chi connectivity index (χ2n) is 4.48. The van der Waals surface area contributed by atoms with Gasteiger partial charge in [-0.05, 0) is 42.7 Å². The number of rotatable bonds is 3. The molecule has 2 aromatic carbocycles. The minimum Gasteiger partial charge on any atom is -0.457 e. The minimum absolute atomic E-state index is 0.272. The number of ether oxygens (including phenoxy) is 1. The van der Waals surface area contributed by atoms with Crippen LogP contribution >= 0.6 is 15.9 Å². The average Bonchev–Trinajstić information content (AvgIpc) is 2.36. The summed E-state index contributed by atoms with van der Waals surface area (Å²) < 4.78 is 6.34. The molecule has 2 aromatic rings. The molecule has 0 N–H and O–H groups in total. The maximum atomic E-state index is 12.1. The summed E-state index contributed by atoms with van der Waals surface area (Å²) in [6.07, 6.45) is 0. The third kappa shape index (κ3) is 3.44. The highest BCUT2D eigenvalue weighted by Crippen LogP contribution is 2.21. The Morgan fingerprint density at radius 3 is 2.26 bits per heavy atom. The quantitative estimate of drug-likeness (QED) is 0.783. The van der Waals surface area contributed by atoms with Crippen molar-refractivity contribution in [2.45, 2.75) is 20.5 Å². The van der Waals surface area contributed by atoms with E-state index >= 15 is 0 Å². The molecular weight excluding hydrogens is 304 g/mol. The third-order valence-corrected chi connectivity index (χ3v) is 3.37. The van der Waals surface area contributed by atoms with E-state index in [1.165, 1.54) is 0 Å². The molecule has 0 radical (unpaired) electrons. The summed E-state index contributed by atoms with van der Waals surface area (Å²) in [5, 5.41) is 0. The third-order valence-electron chi connectivity index (χ3n) is 2.91. The Bertz CT molecular complexity index is 568. The summed E-state index contributed by atoms with van der Waals surface area (Å²) in [6, 6.07) is 13.5. The second-order valence-corrected chi connectivity index (χ2v) is 5.39. The van der Waals surface area contributed by atoms with Crippen LogP contribution in [0.5, 0.6) is 0 Å². The van der Waals surface area contributed by atoms with Gasteiger partial charge in [-0.1, -0.05) is 46.3 Å². The molecule has 2 nitrogen and oxygen atoms in total. The maximum Gasteiger partial charge on any atom is 0.339 e. The molecule has 0 aromatic heterocycles. The SMILES string of the molecule is Cc1cc(Br)cc(C)c1C(=O)OCc1ccccc1. The van der Waals surface area contributed by atoms with E-state index in [1.54, 1.807) is 0 Å². The van der Waals surface area contributed by atoms with Crippen LogP contribution in [0.25, 0.3) is 0 Å². The molecule has 0 aliphatic carbocycles. The zero-order chi connectivity index (χ0) is 13.8. The summed E-state index contributed by atoms with van der Waals surface area (Å²) in [4.78, 5) is 12.1. The molecule has 0 saturated carbocycles.